The van der Waals surface area contributed by atoms with Gasteiger partial charge in [0.25, 0.3) is 6.43 Å². The van der Waals surface area contributed by atoms with Crippen molar-refractivity contribution in [1.29, 1.82) is 0 Å². The molecule has 0 aromatic heterocycles. The predicted octanol–water partition coefficient (Wildman–Crippen LogP) is 3.78. The highest BCUT2D eigenvalue weighted by Gasteiger charge is 2.41. The molecule has 0 spiro atoms. The third-order valence-corrected chi connectivity index (χ3v) is 5.76. The van der Waals surface area contributed by atoms with Crippen LogP contribution in [0.5, 0.6) is 0 Å². The summed E-state index contributed by atoms with van der Waals surface area (Å²) in [5.41, 5.74) is -1.56. The van der Waals surface area contributed by atoms with Crippen molar-refractivity contribution in [3.8, 4) is 0 Å². The molecule has 0 N–H and O–H groups in total. The molecule has 23 heavy (non-hydrogen) atoms. The van der Waals surface area contributed by atoms with E-state index in [1.54, 1.807) is 4.90 Å². The Morgan fingerprint density at radius 3 is 2.35 bits per heavy atom. The topological polar surface area (TPSA) is 23.6 Å². The number of nitrogens with zero attached hydrogens (tertiary/aromatic N) is 2. The van der Waals surface area contributed by atoms with Crippen LogP contribution < -0.4 is 0 Å². The lowest BCUT2D eigenvalue weighted by Crippen LogP contribution is -2.48. The van der Waals surface area contributed by atoms with Crippen molar-refractivity contribution in [3.05, 3.63) is 0 Å². The number of hydrogen-bond donors (Lipinski definition) is 0. The van der Waals surface area contributed by atoms with Crippen molar-refractivity contribution in [2.75, 3.05) is 26.2 Å². The molecular formula is C18H32F2N2O. The molecule has 2 heterocycles. The molecule has 3 nitrogen and oxygen atoms in total. The minimum atomic E-state index is -2.60. The average Bonchev–Trinajstić information content (AvgIpc) is 2.53. The first-order valence-electron chi connectivity index (χ1n) is 9.14. The summed E-state index contributed by atoms with van der Waals surface area (Å²) in [7, 11) is 0. The van der Waals surface area contributed by atoms with E-state index >= 15 is 0 Å². The third-order valence-electron chi connectivity index (χ3n) is 5.76. The summed E-state index contributed by atoms with van der Waals surface area (Å²) in [6, 6.07) is 0.692. The molecule has 2 aliphatic heterocycles. The van der Waals surface area contributed by atoms with E-state index in [0.717, 1.165) is 19.4 Å². The van der Waals surface area contributed by atoms with E-state index in [4.69, 9.17) is 0 Å². The van der Waals surface area contributed by atoms with E-state index in [9.17, 15) is 13.6 Å². The first kappa shape index (κ1) is 18.6. The molecule has 134 valence electrons. The molecule has 2 aliphatic rings. The molecule has 1 atom stereocenters. The van der Waals surface area contributed by atoms with Crippen LogP contribution in [0.4, 0.5) is 8.78 Å². The summed E-state index contributed by atoms with van der Waals surface area (Å²) >= 11 is 0. The zero-order valence-corrected chi connectivity index (χ0v) is 14.9. The van der Waals surface area contributed by atoms with Crippen molar-refractivity contribution in [1.82, 2.24) is 9.80 Å². The molecule has 0 aromatic carbocycles. The molecule has 0 aromatic rings. The zero-order chi connectivity index (χ0) is 17.0. The molecule has 0 unspecified atom stereocenters. The Morgan fingerprint density at radius 1 is 1.13 bits per heavy atom. The summed E-state index contributed by atoms with van der Waals surface area (Å²) in [5, 5.41) is 0. The van der Waals surface area contributed by atoms with Gasteiger partial charge in [-0.2, -0.15) is 0 Å². The second-order valence-electron chi connectivity index (χ2n) is 7.93. The van der Waals surface area contributed by atoms with Crippen molar-refractivity contribution < 1.29 is 13.6 Å². The normalized spacial score (nSPS) is 25.1. The maximum Gasteiger partial charge on any atom is 0.252 e. The van der Waals surface area contributed by atoms with Crippen LogP contribution in [0.15, 0.2) is 0 Å². The van der Waals surface area contributed by atoms with E-state index in [1.165, 1.54) is 46.1 Å². The molecule has 2 rings (SSSR count). The van der Waals surface area contributed by atoms with Gasteiger partial charge in [0.05, 0.1) is 0 Å². The fourth-order valence-electron chi connectivity index (χ4n) is 3.76. The van der Waals surface area contributed by atoms with Crippen LogP contribution in [0.25, 0.3) is 0 Å². The number of halogens is 2. The summed E-state index contributed by atoms with van der Waals surface area (Å²) in [6.07, 6.45) is 4.42. The number of carbonyl (C=O) groups is 1. The van der Waals surface area contributed by atoms with Gasteiger partial charge in [0.15, 0.2) is 0 Å². The van der Waals surface area contributed by atoms with Gasteiger partial charge in [-0.25, -0.2) is 8.78 Å². The van der Waals surface area contributed by atoms with Crippen molar-refractivity contribution >= 4 is 5.91 Å². The quantitative estimate of drug-likeness (QED) is 0.766. The average molecular weight is 330 g/mol. The van der Waals surface area contributed by atoms with Crippen LogP contribution in [-0.2, 0) is 4.79 Å². The van der Waals surface area contributed by atoms with Crippen LogP contribution in [-0.4, -0.2) is 54.4 Å². The fourth-order valence-corrected chi connectivity index (χ4v) is 3.76. The Bertz CT molecular complexity index is 392. The van der Waals surface area contributed by atoms with E-state index in [-0.39, 0.29) is 0 Å². The van der Waals surface area contributed by atoms with Gasteiger partial charge in [-0.3, -0.25) is 4.79 Å². The molecule has 5 heteroatoms. The first-order valence-corrected chi connectivity index (χ1v) is 9.14. The minimum Gasteiger partial charge on any atom is -0.342 e. The number of carbonyl (C=O) groups excluding carboxylic acids is 1. The van der Waals surface area contributed by atoms with Gasteiger partial charge in [0.2, 0.25) is 5.91 Å². The molecule has 0 saturated carbocycles. The van der Waals surface area contributed by atoms with Gasteiger partial charge in [-0.15, -0.1) is 0 Å². The predicted molar refractivity (Wildman–Crippen MR) is 88.6 cm³/mol. The highest BCUT2D eigenvalue weighted by Crippen LogP contribution is 2.30. The fraction of sp³-hybridized carbons (Fsp3) is 0.944. The van der Waals surface area contributed by atoms with Crippen LogP contribution in [0.2, 0.25) is 0 Å². The summed E-state index contributed by atoms with van der Waals surface area (Å²) in [4.78, 5) is 16.5. The van der Waals surface area contributed by atoms with Crippen LogP contribution in [0.1, 0.15) is 59.3 Å². The Hall–Kier alpha value is -0.710. The third kappa shape index (κ3) is 4.65. The van der Waals surface area contributed by atoms with Gasteiger partial charge in [0.1, 0.15) is 5.41 Å². The summed E-state index contributed by atoms with van der Waals surface area (Å²) in [6.45, 7) is 8.63. The van der Waals surface area contributed by atoms with E-state index in [1.807, 2.05) is 0 Å². The number of hydrogen-bond acceptors (Lipinski definition) is 2. The van der Waals surface area contributed by atoms with Gasteiger partial charge < -0.3 is 9.80 Å². The highest BCUT2D eigenvalue weighted by molar-refractivity contribution is 5.82. The zero-order valence-electron chi connectivity index (χ0n) is 14.9. The van der Waals surface area contributed by atoms with E-state index in [2.05, 4.69) is 11.8 Å². The monoisotopic (exact) mass is 330 g/mol. The highest BCUT2D eigenvalue weighted by atomic mass is 19.3. The molecular weight excluding hydrogens is 298 g/mol. The Kier molecular flexibility index (Phi) is 6.40. The number of amides is 1. The maximum atomic E-state index is 13.0. The number of likely N-dealkylation sites (tertiary alicyclic amines) is 2. The Morgan fingerprint density at radius 2 is 1.78 bits per heavy atom. The summed E-state index contributed by atoms with van der Waals surface area (Å²) < 4.78 is 26.0. The lowest BCUT2D eigenvalue weighted by Gasteiger charge is -2.38. The van der Waals surface area contributed by atoms with Crippen LogP contribution >= 0.6 is 0 Å². The largest absolute Gasteiger partial charge is 0.342 e. The molecule has 1 amide bonds. The smallest absolute Gasteiger partial charge is 0.252 e. The Balaban J connectivity index is 1.74. The van der Waals surface area contributed by atoms with Crippen LogP contribution in [0.3, 0.4) is 0 Å². The molecule has 0 bridgehead atoms. The van der Waals surface area contributed by atoms with Crippen molar-refractivity contribution in [2.24, 2.45) is 11.3 Å². The summed E-state index contributed by atoms with van der Waals surface area (Å²) in [5.74, 6) is 0.235. The maximum absolute atomic E-state index is 13.0. The van der Waals surface area contributed by atoms with Crippen LogP contribution in [0, 0.1) is 11.3 Å². The second-order valence-corrected chi connectivity index (χ2v) is 7.93. The minimum absolute atomic E-state index is 0.393. The Labute approximate surface area is 139 Å². The molecule has 2 fully saturated rings. The lowest BCUT2D eigenvalue weighted by molar-refractivity contribution is -0.150. The SMILES string of the molecule is C[C@H]1CCCCN1CCC1CCN(C(=O)C(C)(C)C(F)F)CC1. The van der Waals surface area contributed by atoms with E-state index in [0.29, 0.717) is 25.0 Å². The number of rotatable bonds is 5. The van der Waals surface area contributed by atoms with Crippen molar-refractivity contribution in [3.63, 3.8) is 0 Å². The van der Waals surface area contributed by atoms with Crippen molar-refractivity contribution in [2.45, 2.75) is 71.8 Å². The lowest BCUT2D eigenvalue weighted by atomic mass is 9.88. The van der Waals surface area contributed by atoms with Gasteiger partial charge in [-0.05, 0) is 71.9 Å². The molecule has 0 radical (unpaired) electrons. The first-order chi connectivity index (χ1) is 10.8. The van der Waals surface area contributed by atoms with E-state index < -0.39 is 17.7 Å². The number of piperidine rings is 2. The standard InChI is InChI=1S/C18H32F2N2O/c1-14-6-4-5-10-21(14)11-7-15-8-12-22(13-9-15)17(23)18(2,3)16(19)20/h14-16H,4-13H2,1-3H3/t14-/m0/s1. The van der Waals surface area contributed by atoms with Gasteiger partial charge in [-0.1, -0.05) is 6.42 Å². The molecule has 2 saturated heterocycles. The van der Waals surface area contributed by atoms with Gasteiger partial charge in [0, 0.05) is 19.1 Å². The molecule has 0 aliphatic carbocycles. The number of alkyl halides is 2. The van der Waals surface area contributed by atoms with Gasteiger partial charge >= 0.3 is 0 Å². The second kappa shape index (κ2) is 7.91.